The number of hydrogen-bond donors (Lipinski definition) is 1. The van der Waals surface area contributed by atoms with Crippen molar-refractivity contribution in [3.63, 3.8) is 0 Å². The molecule has 0 fully saturated rings. The minimum atomic E-state index is 0.903. The quantitative estimate of drug-likeness (QED) is 0.699. The second-order valence-electron chi connectivity index (χ2n) is 5.24. The summed E-state index contributed by atoms with van der Waals surface area (Å²) in [6.07, 6.45) is 4.96. The van der Waals surface area contributed by atoms with Gasteiger partial charge in [0.1, 0.15) is 0 Å². The van der Waals surface area contributed by atoms with Gasteiger partial charge >= 0.3 is 0 Å². The van der Waals surface area contributed by atoms with E-state index >= 15 is 0 Å². The molecule has 0 atom stereocenters. The second-order valence-corrected chi connectivity index (χ2v) is 5.24. The smallest absolute Gasteiger partial charge is 0.0352 e. The maximum absolute atomic E-state index is 4.29. The van der Waals surface area contributed by atoms with Crippen molar-refractivity contribution in [2.24, 2.45) is 0 Å². The number of aromatic nitrogens is 1. The molecule has 0 saturated heterocycles. The lowest BCUT2D eigenvalue weighted by Crippen LogP contribution is -2.14. The minimum absolute atomic E-state index is 0.903. The van der Waals surface area contributed by atoms with E-state index in [9.17, 15) is 0 Å². The van der Waals surface area contributed by atoms with Crippen molar-refractivity contribution in [3.8, 4) is 11.1 Å². The van der Waals surface area contributed by atoms with Crippen LogP contribution in [0.15, 0.2) is 60.9 Å². The van der Waals surface area contributed by atoms with E-state index < -0.39 is 0 Å². The summed E-state index contributed by atoms with van der Waals surface area (Å²) in [4.78, 5) is 4.29. The Bertz CT molecular complexity index is 729. The third-order valence-electron chi connectivity index (χ3n) is 3.73. The van der Waals surface area contributed by atoms with Crippen LogP contribution in [-0.4, -0.2) is 11.5 Å². The van der Waals surface area contributed by atoms with Gasteiger partial charge in [0.25, 0.3) is 0 Å². The van der Waals surface area contributed by atoms with Crippen molar-refractivity contribution in [1.82, 2.24) is 10.3 Å². The van der Waals surface area contributed by atoms with Gasteiger partial charge in [0, 0.05) is 24.3 Å². The zero-order valence-corrected chi connectivity index (χ0v) is 12.3. The summed E-state index contributed by atoms with van der Waals surface area (Å²) in [7, 11) is 0. The number of fused-ring (bicyclic) bond motifs is 1. The van der Waals surface area contributed by atoms with Gasteiger partial charge in [-0.05, 0) is 41.1 Å². The van der Waals surface area contributed by atoms with Crippen LogP contribution >= 0.6 is 0 Å². The fourth-order valence-electron chi connectivity index (χ4n) is 2.69. The van der Waals surface area contributed by atoms with Crippen LogP contribution in [0.1, 0.15) is 18.9 Å². The van der Waals surface area contributed by atoms with Gasteiger partial charge in [-0.25, -0.2) is 0 Å². The first-order chi connectivity index (χ1) is 10.4. The fraction of sp³-hybridized carbons (Fsp3) is 0.211. The molecule has 3 rings (SSSR count). The van der Waals surface area contributed by atoms with Crippen LogP contribution in [-0.2, 0) is 6.54 Å². The molecule has 2 nitrogen and oxygen atoms in total. The number of rotatable bonds is 5. The van der Waals surface area contributed by atoms with E-state index in [4.69, 9.17) is 0 Å². The number of hydrogen-bond acceptors (Lipinski definition) is 2. The van der Waals surface area contributed by atoms with Crippen molar-refractivity contribution < 1.29 is 0 Å². The lowest BCUT2D eigenvalue weighted by atomic mass is 9.95. The Hall–Kier alpha value is -2.19. The molecule has 0 aliphatic carbocycles. The SMILES string of the molecule is CCCNCc1ccccc1-c1cccc2ccncc12. The number of nitrogens with one attached hydrogen (secondary N) is 1. The van der Waals surface area contributed by atoms with Gasteiger partial charge in [-0.15, -0.1) is 0 Å². The fourth-order valence-corrected chi connectivity index (χ4v) is 2.69. The highest BCUT2D eigenvalue weighted by molar-refractivity contribution is 5.96. The van der Waals surface area contributed by atoms with Crippen LogP contribution in [0.5, 0.6) is 0 Å². The van der Waals surface area contributed by atoms with Crippen LogP contribution in [0.25, 0.3) is 21.9 Å². The number of benzene rings is 2. The molecule has 1 aromatic heterocycles. The largest absolute Gasteiger partial charge is 0.313 e. The van der Waals surface area contributed by atoms with Crippen molar-refractivity contribution in [2.45, 2.75) is 19.9 Å². The zero-order chi connectivity index (χ0) is 14.5. The van der Waals surface area contributed by atoms with Gasteiger partial charge in [-0.3, -0.25) is 4.98 Å². The molecule has 0 spiro atoms. The molecule has 0 unspecified atom stereocenters. The predicted octanol–water partition coefficient (Wildman–Crippen LogP) is 4.40. The van der Waals surface area contributed by atoms with Crippen molar-refractivity contribution in [3.05, 3.63) is 66.5 Å². The predicted molar refractivity (Wildman–Crippen MR) is 89.2 cm³/mol. The first kappa shape index (κ1) is 13.8. The molecular formula is C19H20N2. The molecule has 21 heavy (non-hydrogen) atoms. The minimum Gasteiger partial charge on any atom is -0.313 e. The summed E-state index contributed by atoms with van der Waals surface area (Å²) >= 11 is 0. The lowest BCUT2D eigenvalue weighted by Gasteiger charge is -2.12. The van der Waals surface area contributed by atoms with Gasteiger partial charge in [-0.2, -0.15) is 0 Å². The highest BCUT2D eigenvalue weighted by Crippen LogP contribution is 2.30. The molecule has 0 amide bonds. The van der Waals surface area contributed by atoms with Crippen LogP contribution in [0.2, 0.25) is 0 Å². The molecule has 2 aromatic carbocycles. The van der Waals surface area contributed by atoms with Gasteiger partial charge in [-0.1, -0.05) is 49.4 Å². The molecule has 2 heteroatoms. The molecular weight excluding hydrogens is 256 g/mol. The summed E-state index contributed by atoms with van der Waals surface area (Å²) in [6.45, 7) is 4.14. The monoisotopic (exact) mass is 276 g/mol. The third-order valence-corrected chi connectivity index (χ3v) is 3.73. The van der Waals surface area contributed by atoms with Crippen LogP contribution in [0, 0.1) is 0 Å². The van der Waals surface area contributed by atoms with Gasteiger partial charge in [0.15, 0.2) is 0 Å². The van der Waals surface area contributed by atoms with E-state index in [-0.39, 0.29) is 0 Å². The Morgan fingerprint density at radius 1 is 0.952 bits per heavy atom. The Morgan fingerprint density at radius 3 is 2.71 bits per heavy atom. The summed E-state index contributed by atoms with van der Waals surface area (Å²) in [5.41, 5.74) is 3.89. The summed E-state index contributed by atoms with van der Waals surface area (Å²) < 4.78 is 0. The van der Waals surface area contributed by atoms with Crippen LogP contribution in [0.4, 0.5) is 0 Å². The average molecular weight is 276 g/mol. The third kappa shape index (κ3) is 2.96. The van der Waals surface area contributed by atoms with E-state index in [1.807, 2.05) is 12.4 Å². The molecule has 0 aliphatic heterocycles. The van der Waals surface area contributed by atoms with Crippen LogP contribution < -0.4 is 5.32 Å². The number of pyridine rings is 1. The second kappa shape index (κ2) is 6.51. The van der Waals surface area contributed by atoms with Crippen molar-refractivity contribution in [1.29, 1.82) is 0 Å². The molecule has 0 saturated carbocycles. The van der Waals surface area contributed by atoms with Gasteiger partial charge in [0.2, 0.25) is 0 Å². The zero-order valence-electron chi connectivity index (χ0n) is 12.3. The standard InChI is InChI=1S/C19H20N2/c1-2-11-20-13-16-6-3-4-8-17(16)18-9-5-7-15-10-12-21-14-19(15)18/h3-10,12,14,20H,2,11,13H2,1H3. The Labute approximate surface area is 125 Å². The average Bonchev–Trinajstić information content (AvgIpc) is 2.55. The highest BCUT2D eigenvalue weighted by atomic mass is 14.8. The number of nitrogens with zero attached hydrogens (tertiary/aromatic N) is 1. The van der Waals surface area contributed by atoms with Gasteiger partial charge in [0.05, 0.1) is 0 Å². The summed E-state index contributed by atoms with van der Waals surface area (Å²) in [6, 6.07) is 17.1. The summed E-state index contributed by atoms with van der Waals surface area (Å²) in [5.74, 6) is 0. The van der Waals surface area contributed by atoms with E-state index in [1.165, 1.54) is 27.5 Å². The summed E-state index contributed by atoms with van der Waals surface area (Å²) in [5, 5.41) is 5.94. The molecule has 1 heterocycles. The first-order valence-electron chi connectivity index (χ1n) is 7.52. The maximum Gasteiger partial charge on any atom is 0.0352 e. The Morgan fingerprint density at radius 2 is 1.81 bits per heavy atom. The van der Waals surface area contributed by atoms with E-state index in [1.54, 1.807) is 0 Å². The topological polar surface area (TPSA) is 24.9 Å². The Kier molecular flexibility index (Phi) is 4.27. The molecule has 106 valence electrons. The molecule has 0 aliphatic rings. The van der Waals surface area contributed by atoms with E-state index in [0.29, 0.717) is 0 Å². The molecule has 0 radical (unpaired) electrons. The van der Waals surface area contributed by atoms with Crippen molar-refractivity contribution >= 4 is 10.8 Å². The van der Waals surface area contributed by atoms with Crippen molar-refractivity contribution in [2.75, 3.05) is 6.54 Å². The normalized spacial score (nSPS) is 10.9. The highest BCUT2D eigenvalue weighted by Gasteiger charge is 2.07. The van der Waals surface area contributed by atoms with E-state index in [2.05, 4.69) is 65.8 Å². The Balaban J connectivity index is 2.06. The first-order valence-corrected chi connectivity index (χ1v) is 7.52. The van der Waals surface area contributed by atoms with Gasteiger partial charge < -0.3 is 5.32 Å². The molecule has 1 N–H and O–H groups in total. The maximum atomic E-state index is 4.29. The van der Waals surface area contributed by atoms with E-state index in [0.717, 1.165) is 19.5 Å². The lowest BCUT2D eigenvalue weighted by molar-refractivity contribution is 0.676. The molecule has 0 bridgehead atoms. The molecule has 3 aromatic rings. The van der Waals surface area contributed by atoms with Crippen LogP contribution in [0.3, 0.4) is 0 Å².